The van der Waals surface area contributed by atoms with Crippen LogP contribution in [0.5, 0.6) is 0 Å². The number of nitrogens with zero attached hydrogens (tertiary/aromatic N) is 2. The zero-order valence-electron chi connectivity index (χ0n) is 19.6. The van der Waals surface area contributed by atoms with Gasteiger partial charge in [-0.2, -0.15) is 0 Å². The Balaban J connectivity index is 1.64. The maximum absolute atomic E-state index is 13.6. The zero-order valence-corrected chi connectivity index (χ0v) is 20.4. The Morgan fingerprint density at radius 2 is 1.76 bits per heavy atom. The Hall–Kier alpha value is -3.13. The third-order valence-electron chi connectivity index (χ3n) is 6.65. The van der Waals surface area contributed by atoms with Crippen molar-refractivity contribution < 1.29 is 18.0 Å². The van der Waals surface area contributed by atoms with Crippen LogP contribution in [0.1, 0.15) is 47.7 Å². The number of piperidine rings is 1. The maximum Gasteiger partial charge on any atom is 0.264 e. The van der Waals surface area contributed by atoms with E-state index in [1.165, 1.54) is 4.31 Å². The molecule has 2 aromatic carbocycles. The molecule has 2 heterocycles. The monoisotopic (exact) mass is 481 g/mol. The van der Waals surface area contributed by atoms with Crippen LogP contribution in [0, 0.1) is 12.8 Å². The molecule has 1 atom stereocenters. The fourth-order valence-corrected chi connectivity index (χ4v) is 6.35. The van der Waals surface area contributed by atoms with Crippen LogP contribution >= 0.6 is 0 Å². The number of sulfonamides is 1. The van der Waals surface area contributed by atoms with Crippen molar-refractivity contribution in [2.24, 2.45) is 11.7 Å². The molecule has 180 valence electrons. The topological polar surface area (TPSA) is 101 Å². The summed E-state index contributed by atoms with van der Waals surface area (Å²) in [5.41, 5.74) is 8.37. The van der Waals surface area contributed by atoms with Gasteiger partial charge in [-0.1, -0.05) is 36.8 Å². The van der Waals surface area contributed by atoms with Gasteiger partial charge in [0, 0.05) is 24.6 Å². The number of carbonyl (C=O) groups excluding carboxylic acids is 2. The third kappa shape index (κ3) is 4.59. The largest absolute Gasteiger partial charge is 0.369 e. The van der Waals surface area contributed by atoms with Gasteiger partial charge in [0.25, 0.3) is 15.9 Å². The minimum Gasteiger partial charge on any atom is -0.369 e. The zero-order chi connectivity index (χ0) is 24.5. The highest BCUT2D eigenvalue weighted by Gasteiger charge is 2.38. The van der Waals surface area contributed by atoms with Crippen molar-refractivity contribution in [2.75, 3.05) is 17.4 Å². The van der Waals surface area contributed by atoms with Crippen LogP contribution in [0.25, 0.3) is 0 Å². The van der Waals surface area contributed by atoms with Crippen molar-refractivity contribution >= 4 is 27.5 Å². The van der Waals surface area contributed by atoms with Crippen LogP contribution in [0.4, 0.5) is 5.69 Å². The van der Waals surface area contributed by atoms with E-state index in [9.17, 15) is 18.0 Å². The smallest absolute Gasteiger partial charge is 0.264 e. The Morgan fingerprint density at radius 3 is 2.38 bits per heavy atom. The van der Waals surface area contributed by atoms with Crippen LogP contribution in [0.15, 0.2) is 59.5 Å². The second kappa shape index (κ2) is 9.62. The number of likely N-dealkylation sites (tertiary alicyclic amines) is 1. The van der Waals surface area contributed by atoms with Gasteiger partial charge in [-0.15, -0.1) is 0 Å². The lowest BCUT2D eigenvalue weighted by Crippen LogP contribution is -2.41. The summed E-state index contributed by atoms with van der Waals surface area (Å²) in [6.07, 6.45) is 6.35. The summed E-state index contributed by atoms with van der Waals surface area (Å²) >= 11 is 0. The molecule has 1 unspecified atom stereocenters. The van der Waals surface area contributed by atoms with E-state index in [-0.39, 0.29) is 28.7 Å². The van der Waals surface area contributed by atoms with Gasteiger partial charge in [0.1, 0.15) is 0 Å². The van der Waals surface area contributed by atoms with Crippen molar-refractivity contribution in [1.29, 1.82) is 0 Å². The lowest BCUT2D eigenvalue weighted by molar-refractivity contribution is -0.123. The van der Waals surface area contributed by atoms with Crippen molar-refractivity contribution in [3.63, 3.8) is 0 Å². The van der Waals surface area contributed by atoms with E-state index < -0.39 is 10.0 Å². The molecule has 34 heavy (non-hydrogen) atoms. The van der Waals surface area contributed by atoms with Crippen molar-refractivity contribution in [3.8, 4) is 0 Å². The second-order valence-corrected chi connectivity index (χ2v) is 10.8. The molecule has 2 aliphatic heterocycles. The van der Waals surface area contributed by atoms with Gasteiger partial charge in [-0.25, -0.2) is 8.42 Å². The predicted molar refractivity (Wildman–Crippen MR) is 132 cm³/mol. The molecule has 2 N–H and O–H groups in total. The van der Waals surface area contributed by atoms with Gasteiger partial charge in [0.05, 0.1) is 16.6 Å². The standard InChI is InChI=1S/C26H31N3O4S/c1-3-4-5-22-17-21-16-20(26(31)28-14-12-19(13-15-28)25(27)30)8-11-24(21)29(22)34(32,33)23-9-6-18(2)7-10-23/h4-11,16,19,22H,3,12-15,17H2,1-2H3,(H2,27,30)/b5-4+. The summed E-state index contributed by atoms with van der Waals surface area (Å²) in [5.74, 6) is -0.604. The van der Waals surface area contributed by atoms with Crippen LogP contribution in [-0.4, -0.2) is 44.3 Å². The molecule has 4 rings (SSSR count). The lowest BCUT2D eigenvalue weighted by atomic mass is 9.95. The molecule has 2 amide bonds. The Kier molecular flexibility index (Phi) is 6.79. The molecule has 0 bridgehead atoms. The summed E-state index contributed by atoms with van der Waals surface area (Å²) in [6.45, 7) is 4.90. The minimum absolute atomic E-state index is 0.105. The average molecular weight is 482 g/mol. The molecule has 1 fully saturated rings. The van der Waals surface area contributed by atoms with E-state index in [4.69, 9.17) is 5.73 Å². The van der Waals surface area contributed by atoms with Crippen LogP contribution in [-0.2, 0) is 21.2 Å². The third-order valence-corrected chi connectivity index (χ3v) is 8.50. The number of fused-ring (bicyclic) bond motifs is 1. The lowest BCUT2D eigenvalue weighted by Gasteiger charge is -2.30. The molecule has 0 saturated carbocycles. The number of allylic oxidation sites excluding steroid dienone is 1. The maximum atomic E-state index is 13.6. The molecule has 7 nitrogen and oxygen atoms in total. The number of nitrogens with two attached hydrogens (primary N) is 1. The number of hydrogen-bond donors (Lipinski definition) is 1. The summed E-state index contributed by atoms with van der Waals surface area (Å²) < 4.78 is 28.7. The summed E-state index contributed by atoms with van der Waals surface area (Å²) in [4.78, 5) is 26.5. The molecule has 1 saturated heterocycles. The van der Waals surface area contributed by atoms with E-state index in [2.05, 4.69) is 0 Å². The van der Waals surface area contributed by atoms with Gasteiger partial charge in [-0.3, -0.25) is 13.9 Å². The predicted octanol–water partition coefficient (Wildman–Crippen LogP) is 3.42. The molecule has 0 spiro atoms. The molecule has 0 radical (unpaired) electrons. The number of benzene rings is 2. The molecule has 0 aromatic heterocycles. The van der Waals surface area contributed by atoms with E-state index >= 15 is 0 Å². The van der Waals surface area contributed by atoms with Gasteiger partial charge < -0.3 is 10.6 Å². The number of primary amides is 1. The van der Waals surface area contributed by atoms with Gasteiger partial charge >= 0.3 is 0 Å². The molecular weight excluding hydrogens is 450 g/mol. The molecule has 0 aliphatic carbocycles. The summed E-state index contributed by atoms with van der Waals surface area (Å²) in [6, 6.07) is 11.8. The Labute approximate surface area is 201 Å². The number of carbonyl (C=O) groups is 2. The summed E-state index contributed by atoms with van der Waals surface area (Å²) in [7, 11) is -3.77. The van der Waals surface area contributed by atoms with Crippen LogP contribution < -0.4 is 10.0 Å². The normalized spacial score (nSPS) is 18.9. The van der Waals surface area contributed by atoms with Crippen LogP contribution in [0.2, 0.25) is 0 Å². The molecule has 8 heteroatoms. The van der Waals surface area contributed by atoms with Gasteiger partial charge in [-0.05, 0) is 68.5 Å². The van der Waals surface area contributed by atoms with Crippen molar-refractivity contribution in [3.05, 3.63) is 71.3 Å². The molecular formula is C26H31N3O4S. The highest BCUT2D eigenvalue weighted by molar-refractivity contribution is 7.92. The minimum atomic E-state index is -3.77. The first-order valence-electron chi connectivity index (χ1n) is 11.7. The Morgan fingerprint density at radius 1 is 1.09 bits per heavy atom. The number of rotatable bonds is 6. The van der Waals surface area contributed by atoms with E-state index in [1.807, 2.05) is 32.1 Å². The number of aryl methyl sites for hydroxylation is 1. The van der Waals surface area contributed by atoms with Gasteiger partial charge in [0.15, 0.2) is 0 Å². The second-order valence-electron chi connectivity index (χ2n) is 9.03. The highest BCUT2D eigenvalue weighted by Crippen LogP contribution is 2.38. The van der Waals surface area contributed by atoms with Gasteiger partial charge in [0.2, 0.25) is 5.91 Å². The fourth-order valence-electron chi connectivity index (χ4n) is 4.70. The SMILES string of the molecule is CC/C=C/C1Cc2cc(C(=O)N3CCC(C(N)=O)CC3)ccc2N1S(=O)(=O)c1ccc(C)cc1. The van der Waals surface area contributed by atoms with Crippen molar-refractivity contribution in [1.82, 2.24) is 4.90 Å². The quantitative estimate of drug-likeness (QED) is 0.639. The average Bonchev–Trinajstić information content (AvgIpc) is 3.21. The highest BCUT2D eigenvalue weighted by atomic mass is 32.2. The number of anilines is 1. The first-order valence-corrected chi connectivity index (χ1v) is 13.2. The molecule has 2 aromatic rings. The van der Waals surface area contributed by atoms with Crippen LogP contribution in [0.3, 0.4) is 0 Å². The van der Waals surface area contributed by atoms with Crippen molar-refractivity contribution in [2.45, 2.75) is 50.5 Å². The first kappa shape index (κ1) is 24.0. The fraction of sp³-hybridized carbons (Fsp3) is 0.385. The summed E-state index contributed by atoms with van der Waals surface area (Å²) in [5, 5.41) is 0. The molecule has 2 aliphatic rings. The first-order chi connectivity index (χ1) is 16.2. The number of amides is 2. The number of hydrogen-bond acceptors (Lipinski definition) is 4. The van der Waals surface area contributed by atoms with E-state index in [0.717, 1.165) is 17.5 Å². The van der Waals surface area contributed by atoms with E-state index in [0.29, 0.717) is 43.6 Å². The Bertz CT molecular complexity index is 1210. The van der Waals surface area contributed by atoms with E-state index in [1.54, 1.807) is 41.3 Å².